The maximum Gasteiger partial charge on any atom is 0.263 e. The van der Waals surface area contributed by atoms with Crippen LogP contribution in [0, 0.1) is 11.3 Å². The second-order valence-corrected chi connectivity index (χ2v) is 5.72. The van der Waals surface area contributed by atoms with Crippen LogP contribution in [0.4, 0.5) is 5.69 Å². The number of nitriles is 1. The topological polar surface area (TPSA) is 64.9 Å². The van der Waals surface area contributed by atoms with Crippen LogP contribution in [0.25, 0.3) is 0 Å². The number of nitrogens with one attached hydrogen (secondary N) is 2. The number of halogens is 2. The van der Waals surface area contributed by atoms with Crippen LogP contribution in [0.5, 0.6) is 0 Å². The van der Waals surface area contributed by atoms with Gasteiger partial charge in [0, 0.05) is 12.7 Å². The monoisotopic (exact) mass is 359 g/mol. The van der Waals surface area contributed by atoms with Gasteiger partial charge in [0.15, 0.2) is 0 Å². The minimum atomic E-state index is -0.455. The smallest absolute Gasteiger partial charge is 0.263 e. The van der Waals surface area contributed by atoms with E-state index in [1.165, 1.54) is 6.20 Å². The lowest BCUT2D eigenvalue weighted by atomic mass is 10.1. The largest absolute Gasteiger partial charge is 0.358 e. The number of nitrogens with zero attached hydrogens (tertiary/aromatic N) is 1. The van der Waals surface area contributed by atoms with Crippen molar-refractivity contribution < 1.29 is 4.79 Å². The number of carbonyl (C=O) groups is 1. The first-order valence-electron chi connectivity index (χ1n) is 7.24. The number of rotatable bonds is 6. The van der Waals surface area contributed by atoms with Crippen LogP contribution in [0.1, 0.15) is 5.56 Å². The summed E-state index contributed by atoms with van der Waals surface area (Å²) in [6.45, 7) is 0.439. The first-order valence-corrected chi connectivity index (χ1v) is 8.00. The number of hydrogen-bond acceptors (Lipinski definition) is 3. The third-order valence-electron chi connectivity index (χ3n) is 3.23. The van der Waals surface area contributed by atoms with E-state index in [-0.39, 0.29) is 5.57 Å². The molecule has 0 radical (unpaired) electrons. The normalized spacial score (nSPS) is 10.8. The van der Waals surface area contributed by atoms with Crippen LogP contribution in [0.15, 0.2) is 60.3 Å². The minimum absolute atomic E-state index is 0.0564. The van der Waals surface area contributed by atoms with Crippen LogP contribution < -0.4 is 10.6 Å². The van der Waals surface area contributed by atoms with Crippen LogP contribution in [-0.2, 0) is 11.2 Å². The average Bonchev–Trinajstić information content (AvgIpc) is 2.58. The molecule has 24 heavy (non-hydrogen) atoms. The zero-order chi connectivity index (χ0) is 17.4. The van der Waals surface area contributed by atoms with E-state index in [1.54, 1.807) is 18.2 Å². The van der Waals surface area contributed by atoms with E-state index in [0.717, 1.165) is 5.56 Å². The highest BCUT2D eigenvalue weighted by molar-refractivity contribution is 6.39. The molecule has 0 aliphatic heterocycles. The molecular weight excluding hydrogens is 345 g/mol. The average molecular weight is 360 g/mol. The molecule has 2 rings (SSSR count). The van der Waals surface area contributed by atoms with Gasteiger partial charge in [-0.15, -0.1) is 0 Å². The number of carbonyl (C=O) groups excluding carboxylic acids is 1. The standard InChI is InChI=1S/C18H15Cl2N3O/c19-15-7-4-8-16(20)17(15)23-12-14(11-21)18(24)22-10-9-13-5-2-1-3-6-13/h1-8,12,23H,9-10H2,(H,22,24)/b14-12-. The lowest BCUT2D eigenvalue weighted by Gasteiger charge is -2.08. The highest BCUT2D eigenvalue weighted by Gasteiger charge is 2.09. The van der Waals surface area contributed by atoms with Crippen molar-refractivity contribution >= 4 is 34.8 Å². The molecule has 0 unspecified atom stereocenters. The van der Waals surface area contributed by atoms with E-state index in [1.807, 2.05) is 36.4 Å². The van der Waals surface area contributed by atoms with E-state index < -0.39 is 5.91 Å². The number of hydrogen-bond donors (Lipinski definition) is 2. The van der Waals surface area contributed by atoms with Gasteiger partial charge in [-0.05, 0) is 24.1 Å². The Bertz CT molecular complexity index is 762. The Kier molecular flexibility index (Phi) is 6.68. The second kappa shape index (κ2) is 8.97. The lowest BCUT2D eigenvalue weighted by Crippen LogP contribution is -2.27. The van der Waals surface area contributed by atoms with Gasteiger partial charge in [-0.3, -0.25) is 4.79 Å². The first kappa shape index (κ1) is 17.9. The number of amides is 1. The molecule has 0 fully saturated rings. The summed E-state index contributed by atoms with van der Waals surface area (Å²) in [6.07, 6.45) is 1.99. The molecule has 0 saturated carbocycles. The highest BCUT2D eigenvalue weighted by atomic mass is 35.5. The molecule has 0 atom stereocenters. The third kappa shape index (κ3) is 5.02. The fourth-order valence-corrected chi connectivity index (χ4v) is 2.50. The van der Waals surface area contributed by atoms with Crippen molar-refractivity contribution in [2.24, 2.45) is 0 Å². The first-order chi connectivity index (χ1) is 11.6. The Balaban J connectivity index is 1.95. The van der Waals surface area contributed by atoms with Crippen molar-refractivity contribution in [3.05, 3.63) is 75.9 Å². The van der Waals surface area contributed by atoms with Gasteiger partial charge in [0.25, 0.3) is 5.91 Å². The predicted octanol–water partition coefficient (Wildman–Crippen LogP) is 4.17. The number of para-hydroxylation sites is 1. The molecule has 4 nitrogen and oxygen atoms in total. The summed E-state index contributed by atoms with van der Waals surface area (Å²) in [5, 5.41) is 15.5. The van der Waals surface area contributed by atoms with Crippen LogP contribution >= 0.6 is 23.2 Å². The molecule has 0 spiro atoms. The van der Waals surface area contributed by atoms with Crippen LogP contribution in [0.2, 0.25) is 10.0 Å². The number of benzene rings is 2. The molecule has 122 valence electrons. The fourth-order valence-electron chi connectivity index (χ4n) is 1.99. The predicted molar refractivity (Wildman–Crippen MR) is 96.9 cm³/mol. The zero-order valence-corrected chi connectivity index (χ0v) is 14.2. The SMILES string of the molecule is N#C/C(=C/Nc1c(Cl)cccc1Cl)C(=O)NCCc1ccccc1. The summed E-state index contributed by atoms with van der Waals surface area (Å²) < 4.78 is 0. The zero-order valence-electron chi connectivity index (χ0n) is 12.7. The molecule has 0 aliphatic carbocycles. The van der Waals surface area contributed by atoms with Crippen LogP contribution in [0.3, 0.4) is 0 Å². The summed E-state index contributed by atoms with van der Waals surface area (Å²) in [6, 6.07) is 16.7. The van der Waals surface area contributed by atoms with Gasteiger partial charge in [-0.2, -0.15) is 5.26 Å². The maximum absolute atomic E-state index is 12.0. The lowest BCUT2D eigenvalue weighted by molar-refractivity contribution is -0.117. The van der Waals surface area contributed by atoms with Crippen LogP contribution in [-0.4, -0.2) is 12.5 Å². The van der Waals surface area contributed by atoms with Gasteiger partial charge in [-0.25, -0.2) is 0 Å². The summed E-state index contributed by atoms with van der Waals surface area (Å²) in [7, 11) is 0. The van der Waals surface area contributed by atoms with E-state index in [2.05, 4.69) is 10.6 Å². The molecule has 0 bridgehead atoms. The molecule has 1 amide bonds. The molecule has 2 N–H and O–H groups in total. The van der Waals surface area contributed by atoms with Gasteiger partial charge in [0.05, 0.1) is 15.7 Å². The molecule has 0 aromatic heterocycles. The summed E-state index contributed by atoms with van der Waals surface area (Å²) in [5.41, 5.74) is 1.51. The van der Waals surface area contributed by atoms with Crippen molar-refractivity contribution in [2.45, 2.75) is 6.42 Å². The quantitative estimate of drug-likeness (QED) is 0.600. The van der Waals surface area contributed by atoms with E-state index >= 15 is 0 Å². The molecule has 2 aromatic carbocycles. The minimum Gasteiger partial charge on any atom is -0.358 e. The Morgan fingerprint density at radius 3 is 2.38 bits per heavy atom. The summed E-state index contributed by atoms with van der Waals surface area (Å²) in [5.74, 6) is -0.455. The number of anilines is 1. The summed E-state index contributed by atoms with van der Waals surface area (Å²) in [4.78, 5) is 12.0. The Morgan fingerprint density at radius 1 is 1.08 bits per heavy atom. The van der Waals surface area contributed by atoms with E-state index in [0.29, 0.717) is 28.7 Å². The van der Waals surface area contributed by atoms with Crippen molar-refractivity contribution in [1.82, 2.24) is 5.32 Å². The van der Waals surface area contributed by atoms with E-state index in [4.69, 9.17) is 28.5 Å². The van der Waals surface area contributed by atoms with Gasteiger partial charge in [-0.1, -0.05) is 59.6 Å². The molecule has 0 heterocycles. The van der Waals surface area contributed by atoms with Gasteiger partial charge in [0.2, 0.25) is 0 Å². The van der Waals surface area contributed by atoms with Crippen molar-refractivity contribution in [2.75, 3.05) is 11.9 Å². The Morgan fingerprint density at radius 2 is 1.75 bits per heavy atom. The second-order valence-electron chi connectivity index (χ2n) is 4.90. The summed E-state index contributed by atoms with van der Waals surface area (Å²) >= 11 is 12.1. The molecule has 0 aliphatic rings. The van der Waals surface area contributed by atoms with Gasteiger partial charge >= 0.3 is 0 Å². The molecule has 2 aromatic rings. The van der Waals surface area contributed by atoms with Gasteiger partial charge in [0.1, 0.15) is 11.6 Å². The third-order valence-corrected chi connectivity index (χ3v) is 3.86. The van der Waals surface area contributed by atoms with Crippen molar-refractivity contribution in [3.8, 4) is 6.07 Å². The Hall–Kier alpha value is -2.48. The van der Waals surface area contributed by atoms with E-state index in [9.17, 15) is 4.79 Å². The molecule has 6 heteroatoms. The van der Waals surface area contributed by atoms with Crippen molar-refractivity contribution in [3.63, 3.8) is 0 Å². The Labute approximate surface area is 150 Å². The van der Waals surface area contributed by atoms with Crippen molar-refractivity contribution in [1.29, 1.82) is 5.26 Å². The molecule has 0 saturated heterocycles. The fraction of sp³-hybridized carbons (Fsp3) is 0.111. The maximum atomic E-state index is 12.0. The van der Waals surface area contributed by atoms with Gasteiger partial charge < -0.3 is 10.6 Å². The molecular formula is C18H15Cl2N3O. The highest BCUT2D eigenvalue weighted by Crippen LogP contribution is 2.29.